The quantitative estimate of drug-likeness (QED) is 0.514. The molecule has 2 amide bonds. The van der Waals surface area contributed by atoms with Gasteiger partial charge in [0.2, 0.25) is 0 Å². The van der Waals surface area contributed by atoms with Gasteiger partial charge in [-0.3, -0.25) is 14.6 Å². The fraction of sp³-hybridized carbons (Fsp3) is 0.321. The lowest BCUT2D eigenvalue weighted by Crippen LogP contribution is -2.35. The Morgan fingerprint density at radius 2 is 1.69 bits per heavy atom. The van der Waals surface area contributed by atoms with Gasteiger partial charge >= 0.3 is 0 Å². The summed E-state index contributed by atoms with van der Waals surface area (Å²) in [6, 6.07) is 19.5. The molecule has 0 aliphatic carbocycles. The number of benzene rings is 2. The first-order valence-corrected chi connectivity index (χ1v) is 12.6. The monoisotopic (exact) mass is 506 g/mol. The van der Waals surface area contributed by atoms with Crippen LogP contribution in [0.4, 0.5) is 4.39 Å². The van der Waals surface area contributed by atoms with Crippen LogP contribution in [-0.4, -0.2) is 59.3 Å². The van der Waals surface area contributed by atoms with Crippen molar-refractivity contribution in [1.29, 1.82) is 0 Å². The number of rotatable bonds is 7. The minimum Gasteiger partial charge on any atom is -0.344 e. The van der Waals surface area contributed by atoms with Crippen LogP contribution in [0.3, 0.4) is 0 Å². The van der Waals surface area contributed by atoms with E-state index in [2.05, 4.69) is 15.2 Å². The molecule has 2 saturated heterocycles. The summed E-state index contributed by atoms with van der Waals surface area (Å²) in [7, 11) is 0. The highest BCUT2D eigenvalue weighted by Gasteiger charge is 2.42. The molecule has 3 heterocycles. The average molecular weight is 507 g/mol. The van der Waals surface area contributed by atoms with Crippen molar-refractivity contribution in [3.05, 3.63) is 101 Å². The van der Waals surface area contributed by atoms with Crippen LogP contribution >= 0.6 is 11.6 Å². The Labute approximate surface area is 215 Å². The van der Waals surface area contributed by atoms with E-state index in [9.17, 15) is 14.0 Å². The molecule has 2 aliphatic rings. The van der Waals surface area contributed by atoms with Crippen molar-refractivity contribution < 1.29 is 14.0 Å². The molecule has 5 rings (SSSR count). The standard InChI is InChI=1S/C28H28ClFN4O2/c29-22-9-6-10-23(30)26(22)28(36)34-17-20-15-33(16-21(20)18-34)14-12-24(19-7-2-1-3-8-19)32-27(35)25-11-4-5-13-31-25/h1-11,13,20-21,24H,12,14-18H2,(H,32,35)/t20?,21?,24-/m0/s1. The Kier molecular flexibility index (Phi) is 7.30. The van der Waals surface area contributed by atoms with Gasteiger partial charge in [-0.15, -0.1) is 0 Å². The van der Waals surface area contributed by atoms with Crippen LogP contribution in [0.15, 0.2) is 72.9 Å². The van der Waals surface area contributed by atoms with Gasteiger partial charge in [-0.25, -0.2) is 4.39 Å². The molecule has 186 valence electrons. The number of amides is 2. The zero-order valence-electron chi connectivity index (χ0n) is 19.8. The maximum absolute atomic E-state index is 14.2. The topological polar surface area (TPSA) is 65.5 Å². The normalized spacial score (nSPS) is 20.2. The lowest BCUT2D eigenvalue weighted by atomic mass is 10.0. The third-order valence-corrected chi connectivity index (χ3v) is 7.48. The van der Waals surface area contributed by atoms with Crippen molar-refractivity contribution >= 4 is 23.4 Å². The molecule has 2 aliphatic heterocycles. The van der Waals surface area contributed by atoms with E-state index in [0.717, 1.165) is 31.6 Å². The van der Waals surface area contributed by atoms with Crippen molar-refractivity contribution in [2.45, 2.75) is 12.5 Å². The van der Waals surface area contributed by atoms with Gasteiger partial charge in [0.25, 0.3) is 11.8 Å². The Morgan fingerprint density at radius 1 is 0.972 bits per heavy atom. The maximum atomic E-state index is 14.2. The first-order valence-electron chi connectivity index (χ1n) is 12.2. The van der Waals surface area contributed by atoms with Gasteiger partial charge < -0.3 is 15.1 Å². The summed E-state index contributed by atoms with van der Waals surface area (Å²) in [5.74, 6) is -0.411. The smallest absolute Gasteiger partial charge is 0.270 e. The summed E-state index contributed by atoms with van der Waals surface area (Å²) in [5, 5.41) is 3.30. The highest BCUT2D eigenvalue weighted by atomic mass is 35.5. The predicted molar refractivity (Wildman–Crippen MR) is 136 cm³/mol. The van der Waals surface area contributed by atoms with Gasteiger partial charge in [-0.05, 0) is 48.1 Å². The number of halogens is 2. The fourth-order valence-electron chi connectivity index (χ4n) is 5.35. The van der Waals surface area contributed by atoms with Gasteiger partial charge in [-0.1, -0.05) is 54.1 Å². The lowest BCUT2D eigenvalue weighted by molar-refractivity contribution is 0.0769. The van der Waals surface area contributed by atoms with E-state index in [1.54, 1.807) is 35.4 Å². The second kappa shape index (κ2) is 10.8. The Morgan fingerprint density at radius 3 is 2.36 bits per heavy atom. The van der Waals surface area contributed by atoms with Crippen molar-refractivity contribution in [3.63, 3.8) is 0 Å². The molecular weight excluding hydrogens is 479 g/mol. The van der Waals surface area contributed by atoms with Crippen molar-refractivity contribution in [1.82, 2.24) is 20.1 Å². The fourth-order valence-corrected chi connectivity index (χ4v) is 5.59. The average Bonchev–Trinajstić information content (AvgIpc) is 3.46. The molecule has 6 nitrogen and oxygen atoms in total. The summed E-state index contributed by atoms with van der Waals surface area (Å²) in [6.45, 7) is 3.76. The number of nitrogens with zero attached hydrogens (tertiary/aromatic N) is 3. The highest BCUT2D eigenvalue weighted by Crippen LogP contribution is 2.33. The number of hydrogen-bond acceptors (Lipinski definition) is 4. The van der Waals surface area contributed by atoms with E-state index in [0.29, 0.717) is 30.6 Å². The third-order valence-electron chi connectivity index (χ3n) is 7.16. The lowest BCUT2D eigenvalue weighted by Gasteiger charge is -2.25. The van der Waals surface area contributed by atoms with E-state index in [-0.39, 0.29) is 28.4 Å². The van der Waals surface area contributed by atoms with Gasteiger partial charge in [0.1, 0.15) is 11.5 Å². The highest BCUT2D eigenvalue weighted by molar-refractivity contribution is 6.33. The third kappa shape index (κ3) is 5.27. The molecule has 2 aromatic carbocycles. The predicted octanol–water partition coefficient (Wildman–Crippen LogP) is 4.44. The Hall–Kier alpha value is -3.29. The number of aromatic nitrogens is 1. The molecule has 3 aromatic rings. The van der Waals surface area contributed by atoms with Crippen LogP contribution in [0, 0.1) is 17.7 Å². The van der Waals surface area contributed by atoms with Gasteiger partial charge in [0.05, 0.1) is 16.6 Å². The summed E-state index contributed by atoms with van der Waals surface area (Å²) in [4.78, 5) is 34.0. The second-order valence-electron chi connectivity index (χ2n) is 9.53. The number of carbonyl (C=O) groups excluding carboxylic acids is 2. The maximum Gasteiger partial charge on any atom is 0.270 e. The summed E-state index contributed by atoms with van der Waals surface area (Å²) < 4.78 is 14.2. The number of carbonyl (C=O) groups is 2. The van der Waals surface area contributed by atoms with E-state index in [4.69, 9.17) is 11.6 Å². The van der Waals surface area contributed by atoms with Crippen LogP contribution in [0.25, 0.3) is 0 Å². The molecule has 2 fully saturated rings. The molecule has 0 bridgehead atoms. The van der Waals surface area contributed by atoms with Crippen LogP contribution < -0.4 is 5.32 Å². The van der Waals surface area contributed by atoms with Crippen molar-refractivity contribution in [2.24, 2.45) is 11.8 Å². The van der Waals surface area contributed by atoms with E-state index in [1.807, 2.05) is 30.3 Å². The first kappa shape index (κ1) is 24.4. The van der Waals surface area contributed by atoms with Gasteiger partial charge in [-0.2, -0.15) is 0 Å². The van der Waals surface area contributed by atoms with Gasteiger partial charge in [0, 0.05) is 38.9 Å². The number of nitrogens with one attached hydrogen (secondary N) is 1. The summed E-state index contributed by atoms with van der Waals surface area (Å²) in [6.07, 6.45) is 2.37. The SMILES string of the molecule is O=C(N[C@@H](CCN1CC2CN(C(=O)c3c(F)cccc3Cl)CC2C1)c1ccccc1)c1ccccn1. The second-order valence-corrected chi connectivity index (χ2v) is 9.93. The molecule has 36 heavy (non-hydrogen) atoms. The molecule has 0 radical (unpaired) electrons. The minimum atomic E-state index is -0.578. The first-order chi connectivity index (χ1) is 17.5. The van der Waals surface area contributed by atoms with E-state index < -0.39 is 5.82 Å². The molecule has 1 aromatic heterocycles. The Bertz CT molecular complexity index is 1190. The molecule has 0 saturated carbocycles. The molecule has 3 atom stereocenters. The molecule has 8 heteroatoms. The van der Waals surface area contributed by atoms with Crippen LogP contribution in [0.2, 0.25) is 5.02 Å². The largest absolute Gasteiger partial charge is 0.344 e. The number of pyridine rings is 1. The summed E-state index contributed by atoms with van der Waals surface area (Å²) in [5.41, 5.74) is 1.42. The number of fused-ring (bicyclic) bond motifs is 1. The Balaban J connectivity index is 1.19. The van der Waals surface area contributed by atoms with Crippen LogP contribution in [0.1, 0.15) is 38.9 Å². The van der Waals surface area contributed by atoms with Crippen LogP contribution in [0.5, 0.6) is 0 Å². The van der Waals surface area contributed by atoms with E-state index in [1.165, 1.54) is 12.1 Å². The molecule has 1 N–H and O–H groups in total. The molecule has 0 spiro atoms. The van der Waals surface area contributed by atoms with Crippen molar-refractivity contribution in [2.75, 3.05) is 32.7 Å². The minimum absolute atomic E-state index is 0.0367. The number of hydrogen-bond donors (Lipinski definition) is 1. The zero-order valence-corrected chi connectivity index (χ0v) is 20.6. The molecular formula is C28H28ClFN4O2. The molecule has 2 unspecified atom stereocenters. The van der Waals surface area contributed by atoms with Crippen molar-refractivity contribution in [3.8, 4) is 0 Å². The van der Waals surface area contributed by atoms with Gasteiger partial charge in [0.15, 0.2) is 0 Å². The van der Waals surface area contributed by atoms with Crippen LogP contribution in [-0.2, 0) is 0 Å². The summed E-state index contributed by atoms with van der Waals surface area (Å²) >= 11 is 6.11. The number of likely N-dealkylation sites (tertiary alicyclic amines) is 2. The zero-order chi connectivity index (χ0) is 25.1. The van der Waals surface area contributed by atoms with E-state index >= 15 is 0 Å².